The number of benzene rings is 3. The molecule has 2 aliphatic heterocycles. The number of hydrogen-bond donors (Lipinski definition) is 1. The van der Waals surface area contributed by atoms with E-state index in [2.05, 4.69) is 25.2 Å². The van der Waals surface area contributed by atoms with Crippen LogP contribution in [0.15, 0.2) is 89.9 Å². The standard InChI is InChI=1S/C36H39N3O8Si/c1-23-33(48(4,5)28-14-12-27(45-2)13-15-28)31(17-19-40)47-36(23)29-21-26(39(43)44)11-16-30(29)38(35(36)42)22-24-8-6-9-25(20-24)37-18-7-10-32(46-3)34(37)41/h6-16,18,20-21,23,31,33,40H,17,19,22H2,1-5H3/t23-,31+,33-,36+/m0/s1. The number of amides is 1. The van der Waals surface area contributed by atoms with Crippen LogP contribution in [0.5, 0.6) is 11.5 Å². The summed E-state index contributed by atoms with van der Waals surface area (Å²) in [6.45, 7) is 6.48. The summed E-state index contributed by atoms with van der Waals surface area (Å²) in [5, 5.41) is 23.3. The predicted octanol–water partition coefficient (Wildman–Crippen LogP) is 4.91. The van der Waals surface area contributed by atoms with E-state index in [4.69, 9.17) is 14.2 Å². The highest BCUT2D eigenvalue weighted by atomic mass is 28.3. The van der Waals surface area contributed by atoms with Gasteiger partial charge in [0.15, 0.2) is 11.4 Å². The molecule has 6 rings (SSSR count). The number of non-ortho nitro benzene ring substituents is 1. The van der Waals surface area contributed by atoms with Gasteiger partial charge in [-0.05, 0) is 60.0 Å². The minimum atomic E-state index is -2.42. The normalized spacial score (nSPS) is 21.8. The summed E-state index contributed by atoms with van der Waals surface area (Å²) >= 11 is 0. The number of rotatable bonds is 10. The summed E-state index contributed by atoms with van der Waals surface area (Å²) in [4.78, 5) is 41.1. The average Bonchev–Trinajstić information content (AvgIpc) is 3.51. The third-order valence-electron chi connectivity index (χ3n) is 10.1. The van der Waals surface area contributed by atoms with Gasteiger partial charge in [0.05, 0.1) is 45.6 Å². The highest BCUT2D eigenvalue weighted by molar-refractivity contribution is 6.91. The zero-order chi connectivity index (χ0) is 34.4. The lowest BCUT2D eigenvalue weighted by Crippen LogP contribution is -2.51. The Labute approximate surface area is 279 Å². The first-order valence-corrected chi connectivity index (χ1v) is 18.9. The molecule has 0 saturated carbocycles. The van der Waals surface area contributed by atoms with Gasteiger partial charge in [0, 0.05) is 42.1 Å². The molecule has 2 aliphatic rings. The average molecular weight is 670 g/mol. The number of fused-ring (bicyclic) bond motifs is 2. The predicted molar refractivity (Wildman–Crippen MR) is 184 cm³/mol. The van der Waals surface area contributed by atoms with E-state index < -0.39 is 24.7 Å². The van der Waals surface area contributed by atoms with Gasteiger partial charge in [-0.1, -0.05) is 49.5 Å². The number of aromatic nitrogens is 1. The van der Waals surface area contributed by atoms with Crippen molar-refractivity contribution in [2.45, 2.75) is 50.2 Å². The van der Waals surface area contributed by atoms with Crippen molar-refractivity contribution < 1.29 is 29.0 Å². The molecule has 4 aromatic rings. The molecule has 1 fully saturated rings. The number of carbonyl (C=O) groups excluding carboxylic acids is 1. The van der Waals surface area contributed by atoms with Crippen LogP contribution in [0.2, 0.25) is 18.6 Å². The van der Waals surface area contributed by atoms with E-state index in [1.807, 2.05) is 37.3 Å². The summed E-state index contributed by atoms with van der Waals surface area (Å²) in [6, 6.07) is 23.1. The van der Waals surface area contributed by atoms with Crippen LogP contribution in [-0.2, 0) is 21.7 Å². The van der Waals surface area contributed by atoms with Crippen molar-refractivity contribution in [3.63, 3.8) is 0 Å². The number of nitro benzene ring substituents is 1. The van der Waals surface area contributed by atoms with Gasteiger partial charge < -0.3 is 24.2 Å². The maximum Gasteiger partial charge on any atom is 0.297 e. The van der Waals surface area contributed by atoms with Crippen molar-refractivity contribution >= 4 is 30.5 Å². The monoisotopic (exact) mass is 669 g/mol. The summed E-state index contributed by atoms with van der Waals surface area (Å²) in [5.74, 6) is 0.263. The van der Waals surface area contributed by atoms with E-state index in [1.165, 1.54) is 23.8 Å². The number of carbonyl (C=O) groups is 1. The van der Waals surface area contributed by atoms with E-state index in [9.17, 15) is 24.8 Å². The fourth-order valence-electron chi connectivity index (χ4n) is 7.79. The highest BCUT2D eigenvalue weighted by Gasteiger charge is 2.66. The number of methoxy groups -OCH3 is 2. The van der Waals surface area contributed by atoms with Crippen molar-refractivity contribution in [3.8, 4) is 17.2 Å². The number of pyridine rings is 1. The Morgan fingerprint density at radius 3 is 2.42 bits per heavy atom. The van der Waals surface area contributed by atoms with E-state index in [1.54, 1.807) is 42.5 Å². The third-order valence-corrected chi connectivity index (χ3v) is 14.5. The molecule has 1 saturated heterocycles. The zero-order valence-corrected chi connectivity index (χ0v) is 28.6. The second-order valence-corrected chi connectivity index (χ2v) is 17.6. The highest BCUT2D eigenvalue weighted by Crippen LogP contribution is 2.60. The minimum absolute atomic E-state index is 0.114. The van der Waals surface area contributed by atoms with Crippen molar-refractivity contribution in [2.75, 3.05) is 25.7 Å². The third kappa shape index (κ3) is 5.29. The largest absolute Gasteiger partial charge is 0.497 e. The molecule has 4 atom stereocenters. The van der Waals surface area contributed by atoms with Gasteiger partial charge >= 0.3 is 0 Å². The van der Waals surface area contributed by atoms with Crippen LogP contribution in [0.3, 0.4) is 0 Å². The number of nitrogens with zero attached hydrogens (tertiary/aromatic N) is 3. The Balaban J connectivity index is 1.44. The number of aliphatic hydroxyl groups excluding tert-OH is 1. The Kier molecular flexibility index (Phi) is 8.75. The Bertz CT molecular complexity index is 1930. The minimum Gasteiger partial charge on any atom is -0.497 e. The van der Waals surface area contributed by atoms with Gasteiger partial charge in [-0.25, -0.2) is 0 Å². The fourth-order valence-corrected chi connectivity index (χ4v) is 11.8. The Morgan fingerprint density at radius 1 is 1.00 bits per heavy atom. The molecule has 0 bridgehead atoms. The molecule has 0 aliphatic carbocycles. The second-order valence-electron chi connectivity index (χ2n) is 12.9. The van der Waals surface area contributed by atoms with Crippen LogP contribution in [0.4, 0.5) is 11.4 Å². The molecule has 12 heteroatoms. The van der Waals surface area contributed by atoms with Crippen LogP contribution in [-0.4, -0.2) is 55.5 Å². The summed E-state index contributed by atoms with van der Waals surface area (Å²) in [6.07, 6.45) is 1.50. The van der Waals surface area contributed by atoms with Gasteiger partial charge in [0.25, 0.3) is 17.2 Å². The molecule has 3 heterocycles. The first kappa shape index (κ1) is 33.1. The Hall–Kier alpha value is -4.78. The first-order chi connectivity index (χ1) is 23.0. The van der Waals surface area contributed by atoms with Crippen molar-refractivity contribution in [3.05, 3.63) is 117 Å². The quantitative estimate of drug-likeness (QED) is 0.143. The van der Waals surface area contributed by atoms with E-state index in [0.717, 1.165) is 16.5 Å². The van der Waals surface area contributed by atoms with Crippen molar-refractivity contribution in [1.29, 1.82) is 0 Å². The molecular formula is C36H39N3O8Si. The zero-order valence-electron chi connectivity index (χ0n) is 27.6. The summed E-state index contributed by atoms with van der Waals surface area (Å²) in [5.41, 5.74) is 0.284. The van der Waals surface area contributed by atoms with E-state index in [0.29, 0.717) is 23.4 Å². The molecule has 1 amide bonds. The van der Waals surface area contributed by atoms with Gasteiger partial charge in [0.2, 0.25) is 0 Å². The Morgan fingerprint density at radius 2 is 1.75 bits per heavy atom. The molecule has 1 aromatic heterocycles. The molecule has 48 heavy (non-hydrogen) atoms. The van der Waals surface area contributed by atoms with Crippen LogP contribution in [0.1, 0.15) is 24.5 Å². The van der Waals surface area contributed by atoms with Gasteiger partial charge in [0.1, 0.15) is 5.75 Å². The molecule has 11 nitrogen and oxygen atoms in total. The molecule has 1 N–H and O–H groups in total. The summed E-state index contributed by atoms with van der Waals surface area (Å²) in [7, 11) is 0.642. The SMILES string of the molecule is COc1ccc([Si](C)(C)[C@@H]2[C@@H](CCO)O[C@]3(C(=O)N(Cc4cccc(-n5cccc(OC)c5=O)c4)c4ccc([N+](=O)[O-])cc43)[C@H]2C)cc1. The number of ether oxygens (including phenoxy) is 3. The van der Waals surface area contributed by atoms with Crippen molar-refractivity contribution in [2.24, 2.45) is 5.92 Å². The van der Waals surface area contributed by atoms with E-state index >= 15 is 0 Å². The van der Waals surface area contributed by atoms with Crippen molar-refractivity contribution in [1.82, 2.24) is 4.57 Å². The number of nitro groups is 1. The van der Waals surface area contributed by atoms with Crippen LogP contribution in [0, 0.1) is 16.0 Å². The van der Waals surface area contributed by atoms with Crippen LogP contribution in [0.25, 0.3) is 5.69 Å². The molecular weight excluding hydrogens is 630 g/mol. The van der Waals surface area contributed by atoms with Gasteiger partial charge in [-0.3, -0.25) is 24.3 Å². The topological polar surface area (TPSA) is 133 Å². The first-order valence-electron chi connectivity index (χ1n) is 15.9. The van der Waals surface area contributed by atoms with Crippen LogP contribution >= 0.6 is 0 Å². The maximum absolute atomic E-state index is 14.9. The molecule has 0 unspecified atom stereocenters. The van der Waals surface area contributed by atoms with Gasteiger partial charge in [-0.15, -0.1) is 0 Å². The molecule has 0 radical (unpaired) electrons. The number of anilines is 1. The lowest BCUT2D eigenvalue weighted by Gasteiger charge is -2.37. The summed E-state index contributed by atoms with van der Waals surface area (Å²) < 4.78 is 19.0. The maximum atomic E-state index is 14.9. The lowest BCUT2D eigenvalue weighted by atomic mass is 9.82. The van der Waals surface area contributed by atoms with E-state index in [-0.39, 0.29) is 47.5 Å². The number of hydrogen-bond acceptors (Lipinski definition) is 8. The fraction of sp³-hybridized carbons (Fsp3) is 0.333. The van der Waals surface area contributed by atoms with Gasteiger partial charge in [-0.2, -0.15) is 0 Å². The second kappa shape index (κ2) is 12.7. The smallest absolute Gasteiger partial charge is 0.297 e. The van der Waals surface area contributed by atoms with Crippen LogP contribution < -0.4 is 25.1 Å². The number of aliphatic hydroxyl groups is 1. The lowest BCUT2D eigenvalue weighted by molar-refractivity contribution is -0.385. The molecule has 1 spiro atoms. The molecule has 250 valence electrons. The molecule has 3 aromatic carbocycles.